The van der Waals surface area contributed by atoms with Crippen LogP contribution in [0.1, 0.15) is 63.0 Å². The molecule has 0 heterocycles. The van der Waals surface area contributed by atoms with Crippen LogP contribution in [0, 0.1) is 11.8 Å². The maximum absolute atomic E-state index is 12.7. The third-order valence-corrected chi connectivity index (χ3v) is 7.32. The van der Waals surface area contributed by atoms with Crippen LogP contribution in [0.2, 0.25) is 0 Å². The van der Waals surface area contributed by atoms with E-state index in [1.54, 1.807) is 0 Å². The monoisotopic (exact) mass is 478 g/mol. The number of benzene rings is 2. The van der Waals surface area contributed by atoms with Gasteiger partial charge >= 0.3 is 12.1 Å². The highest BCUT2D eigenvalue weighted by atomic mass is 16.5. The maximum Gasteiger partial charge on any atom is 0.407 e. The number of hydrogen-bond donors (Lipinski definition) is 3. The van der Waals surface area contributed by atoms with Crippen molar-refractivity contribution in [2.75, 3.05) is 6.61 Å². The van der Waals surface area contributed by atoms with E-state index < -0.39 is 18.1 Å². The van der Waals surface area contributed by atoms with Crippen LogP contribution >= 0.6 is 0 Å². The highest BCUT2D eigenvalue weighted by Gasteiger charge is 2.32. The first kappa shape index (κ1) is 24.8. The number of alkyl carbamates (subject to hydrolysis) is 1. The lowest BCUT2D eigenvalue weighted by Gasteiger charge is -2.34. The van der Waals surface area contributed by atoms with E-state index in [9.17, 15) is 19.5 Å². The predicted molar refractivity (Wildman–Crippen MR) is 133 cm³/mol. The third kappa shape index (κ3) is 5.84. The molecule has 2 unspecified atom stereocenters. The summed E-state index contributed by atoms with van der Waals surface area (Å²) in [6.45, 7) is 4.07. The van der Waals surface area contributed by atoms with Gasteiger partial charge in [0.05, 0.1) is 6.42 Å². The Morgan fingerprint density at radius 1 is 0.943 bits per heavy atom. The predicted octanol–water partition coefficient (Wildman–Crippen LogP) is 4.70. The summed E-state index contributed by atoms with van der Waals surface area (Å²) in [4.78, 5) is 36.7. The Bertz CT molecular complexity index is 1030. The van der Waals surface area contributed by atoms with E-state index in [0.717, 1.165) is 41.5 Å². The number of fused-ring (bicyclic) bond motifs is 3. The van der Waals surface area contributed by atoms with Gasteiger partial charge in [0.15, 0.2) is 0 Å². The molecule has 35 heavy (non-hydrogen) atoms. The average molecular weight is 479 g/mol. The van der Waals surface area contributed by atoms with Gasteiger partial charge in [-0.15, -0.1) is 0 Å². The van der Waals surface area contributed by atoms with Crippen molar-refractivity contribution in [1.29, 1.82) is 0 Å². The van der Waals surface area contributed by atoms with Crippen LogP contribution in [0.5, 0.6) is 0 Å². The fraction of sp³-hybridized carbons (Fsp3) is 0.464. The molecule has 186 valence electrons. The number of carbonyl (C=O) groups excluding carboxylic acids is 2. The molecule has 4 rings (SSSR count). The van der Waals surface area contributed by atoms with Crippen LogP contribution < -0.4 is 10.6 Å². The van der Waals surface area contributed by atoms with Crippen molar-refractivity contribution in [3.05, 3.63) is 59.7 Å². The van der Waals surface area contributed by atoms with Gasteiger partial charge in [0.1, 0.15) is 6.61 Å². The molecule has 0 saturated heterocycles. The van der Waals surface area contributed by atoms with E-state index >= 15 is 0 Å². The molecule has 7 nitrogen and oxygen atoms in total. The maximum atomic E-state index is 12.7. The number of amides is 2. The Morgan fingerprint density at radius 3 is 2.06 bits per heavy atom. The number of aliphatic carboxylic acids is 1. The lowest BCUT2D eigenvalue weighted by molar-refractivity contribution is -0.138. The van der Waals surface area contributed by atoms with Crippen LogP contribution in [-0.4, -0.2) is 41.8 Å². The summed E-state index contributed by atoms with van der Waals surface area (Å²) in [6, 6.07) is 15.5. The van der Waals surface area contributed by atoms with Gasteiger partial charge in [0, 0.05) is 24.4 Å². The molecule has 0 radical (unpaired) electrons. The molecule has 3 N–H and O–H groups in total. The second-order valence-corrected chi connectivity index (χ2v) is 9.99. The second-order valence-electron chi connectivity index (χ2n) is 9.99. The fourth-order valence-electron chi connectivity index (χ4n) is 5.08. The normalized spacial score (nSPS) is 16.5. The topological polar surface area (TPSA) is 105 Å². The largest absolute Gasteiger partial charge is 0.481 e. The molecule has 0 spiro atoms. The molecular weight excluding hydrogens is 444 g/mol. The highest BCUT2D eigenvalue weighted by molar-refractivity contribution is 5.80. The molecule has 7 heteroatoms. The Hall–Kier alpha value is -3.35. The first-order chi connectivity index (χ1) is 16.8. The van der Waals surface area contributed by atoms with Crippen LogP contribution in [0.15, 0.2) is 48.5 Å². The number of nitrogens with one attached hydrogen (secondary N) is 2. The van der Waals surface area contributed by atoms with Gasteiger partial charge in [-0.1, -0.05) is 68.8 Å². The Kier molecular flexibility index (Phi) is 7.73. The van der Waals surface area contributed by atoms with E-state index in [-0.39, 0.29) is 49.2 Å². The summed E-state index contributed by atoms with van der Waals surface area (Å²) in [6.07, 6.45) is 2.37. The Morgan fingerprint density at radius 2 is 1.54 bits per heavy atom. The number of carboxylic acid groups (broad SMARTS) is 1. The zero-order valence-electron chi connectivity index (χ0n) is 20.3. The van der Waals surface area contributed by atoms with Crippen molar-refractivity contribution in [2.24, 2.45) is 11.8 Å². The van der Waals surface area contributed by atoms with E-state index in [1.807, 2.05) is 38.1 Å². The Balaban J connectivity index is 1.34. The second kappa shape index (κ2) is 10.9. The van der Waals surface area contributed by atoms with Crippen LogP contribution in [-0.2, 0) is 14.3 Å². The van der Waals surface area contributed by atoms with Gasteiger partial charge in [-0.2, -0.15) is 0 Å². The molecule has 1 saturated carbocycles. The summed E-state index contributed by atoms with van der Waals surface area (Å²) < 4.78 is 5.64. The minimum absolute atomic E-state index is 0.00265. The van der Waals surface area contributed by atoms with Crippen molar-refractivity contribution in [3.8, 4) is 11.1 Å². The van der Waals surface area contributed by atoms with E-state index in [4.69, 9.17) is 4.74 Å². The van der Waals surface area contributed by atoms with Gasteiger partial charge < -0.3 is 20.5 Å². The molecule has 2 aliphatic rings. The van der Waals surface area contributed by atoms with Crippen molar-refractivity contribution in [3.63, 3.8) is 0 Å². The van der Waals surface area contributed by atoms with Gasteiger partial charge in [-0.3, -0.25) is 9.59 Å². The molecule has 2 aromatic carbocycles. The lowest BCUT2D eigenvalue weighted by Crippen LogP contribution is -2.48. The van der Waals surface area contributed by atoms with Crippen molar-refractivity contribution in [2.45, 2.75) is 64.0 Å². The molecule has 0 aliphatic heterocycles. The minimum Gasteiger partial charge on any atom is -0.481 e. The summed E-state index contributed by atoms with van der Waals surface area (Å²) >= 11 is 0. The fourth-order valence-corrected chi connectivity index (χ4v) is 5.08. The van der Waals surface area contributed by atoms with Crippen molar-refractivity contribution < 1.29 is 24.2 Å². The Labute approximate surface area is 206 Å². The zero-order chi connectivity index (χ0) is 24.9. The van der Waals surface area contributed by atoms with E-state index in [2.05, 4.69) is 34.9 Å². The van der Waals surface area contributed by atoms with Gasteiger partial charge in [-0.05, 0) is 46.9 Å². The number of carbonyl (C=O) groups is 3. The third-order valence-electron chi connectivity index (χ3n) is 7.32. The molecular formula is C28H34N2O5. The number of carboxylic acids is 1. The van der Waals surface area contributed by atoms with Crippen molar-refractivity contribution in [1.82, 2.24) is 10.6 Å². The minimum atomic E-state index is -0.917. The quantitative estimate of drug-likeness (QED) is 0.459. The molecule has 2 aromatic rings. The van der Waals surface area contributed by atoms with Gasteiger partial charge in [0.2, 0.25) is 5.91 Å². The summed E-state index contributed by atoms with van der Waals surface area (Å²) in [5, 5.41) is 14.9. The lowest BCUT2D eigenvalue weighted by atomic mass is 9.78. The molecule has 2 aliphatic carbocycles. The van der Waals surface area contributed by atoms with Crippen molar-refractivity contribution >= 4 is 18.0 Å². The van der Waals surface area contributed by atoms with E-state index in [1.165, 1.54) is 0 Å². The van der Waals surface area contributed by atoms with E-state index in [0.29, 0.717) is 0 Å². The van der Waals surface area contributed by atoms with Gasteiger partial charge in [-0.25, -0.2) is 4.79 Å². The summed E-state index contributed by atoms with van der Waals surface area (Å²) in [7, 11) is 0. The molecule has 0 aromatic heterocycles. The molecule has 1 fully saturated rings. The summed E-state index contributed by atoms with van der Waals surface area (Å²) in [5.74, 6) is -0.987. The zero-order valence-corrected chi connectivity index (χ0v) is 20.3. The SMILES string of the molecule is CC(C)C(CC(=O)NC(CC(=O)O)C1CCC1)NC(=O)OCC1c2ccccc2-c2ccccc21. The molecule has 2 atom stereocenters. The van der Waals surface area contributed by atoms with Crippen LogP contribution in [0.25, 0.3) is 11.1 Å². The molecule has 0 bridgehead atoms. The summed E-state index contributed by atoms with van der Waals surface area (Å²) in [5.41, 5.74) is 4.61. The first-order valence-electron chi connectivity index (χ1n) is 12.5. The number of hydrogen-bond acceptors (Lipinski definition) is 4. The first-order valence-corrected chi connectivity index (χ1v) is 12.5. The highest BCUT2D eigenvalue weighted by Crippen LogP contribution is 2.44. The van der Waals surface area contributed by atoms with Crippen LogP contribution in [0.4, 0.5) is 4.79 Å². The van der Waals surface area contributed by atoms with Gasteiger partial charge in [0.25, 0.3) is 0 Å². The smallest absolute Gasteiger partial charge is 0.407 e. The number of ether oxygens (including phenoxy) is 1. The molecule has 2 amide bonds. The average Bonchev–Trinajstić information content (AvgIpc) is 3.09. The number of rotatable bonds is 10. The van der Waals surface area contributed by atoms with Crippen LogP contribution in [0.3, 0.4) is 0 Å². The standard InChI is InChI=1S/C28H34N2O5/c1-17(2)24(14-26(31)29-25(15-27(32)33)18-8-7-9-18)30-28(34)35-16-23-21-12-5-3-10-19(21)20-11-4-6-13-22(20)23/h3-6,10-13,17-18,23-25H,7-9,14-16H2,1-2H3,(H,29,31)(H,30,34)(H,32,33).